The maximum Gasteiger partial charge on any atom is 0.343 e. The van der Waals surface area contributed by atoms with Crippen molar-refractivity contribution < 1.29 is 42.4 Å². The van der Waals surface area contributed by atoms with Crippen LogP contribution in [-0.2, 0) is 4.79 Å². The summed E-state index contributed by atoms with van der Waals surface area (Å²) in [6.45, 7) is 1.66. The molecule has 3 aromatic rings. The second-order valence-corrected chi connectivity index (χ2v) is 8.30. The largest absolute Gasteiger partial charge is 0.493 e. The summed E-state index contributed by atoms with van der Waals surface area (Å²) in [5.41, 5.74) is 0.557. The topological polar surface area (TPSA) is 124 Å². The molecule has 0 aliphatic carbocycles. The second-order valence-electron chi connectivity index (χ2n) is 8.30. The quantitative estimate of drug-likeness (QED) is 0.506. The molecule has 1 N–H and O–H groups in total. The van der Waals surface area contributed by atoms with Crippen LogP contribution < -0.4 is 44.1 Å². The van der Waals surface area contributed by atoms with Gasteiger partial charge in [0.1, 0.15) is 11.5 Å². The lowest BCUT2D eigenvalue weighted by Gasteiger charge is -2.20. The zero-order valence-electron chi connectivity index (χ0n) is 20.8. The molecule has 0 radical (unpaired) electrons. The molecule has 194 valence electrons. The molecule has 0 unspecified atom stereocenters. The lowest BCUT2D eigenvalue weighted by atomic mass is 9.88. The molecule has 11 nitrogen and oxygen atoms in total. The van der Waals surface area contributed by atoms with Crippen molar-refractivity contribution in [3.63, 3.8) is 0 Å². The zero-order chi connectivity index (χ0) is 26.3. The minimum Gasteiger partial charge on any atom is -0.493 e. The predicted molar refractivity (Wildman–Crippen MR) is 130 cm³/mol. The molecule has 2 aliphatic heterocycles. The van der Waals surface area contributed by atoms with Crippen LogP contribution in [0.5, 0.6) is 40.2 Å². The summed E-state index contributed by atoms with van der Waals surface area (Å²) >= 11 is 0. The van der Waals surface area contributed by atoms with Gasteiger partial charge in [-0.2, -0.15) is 0 Å². The molecule has 11 heteroatoms. The molecule has 1 aromatic heterocycles. The van der Waals surface area contributed by atoms with Gasteiger partial charge in [-0.25, -0.2) is 4.79 Å². The maximum atomic E-state index is 13.6. The molecule has 0 saturated heterocycles. The summed E-state index contributed by atoms with van der Waals surface area (Å²) in [5.74, 6) is 1.67. The van der Waals surface area contributed by atoms with E-state index in [-0.39, 0.29) is 18.1 Å². The second kappa shape index (κ2) is 9.49. The molecule has 0 spiro atoms. The Hall–Kier alpha value is -4.54. The number of carbonyl (C=O) groups is 1. The van der Waals surface area contributed by atoms with Crippen molar-refractivity contribution in [1.29, 1.82) is 0 Å². The lowest BCUT2D eigenvalue weighted by Crippen LogP contribution is -2.35. The van der Waals surface area contributed by atoms with E-state index in [0.717, 1.165) is 0 Å². The number of ether oxygens (including phenoxy) is 7. The first kappa shape index (κ1) is 24.2. The van der Waals surface area contributed by atoms with Gasteiger partial charge in [0.25, 0.3) is 5.91 Å². The van der Waals surface area contributed by atoms with E-state index in [4.69, 9.17) is 37.6 Å². The van der Waals surface area contributed by atoms with Crippen LogP contribution in [0.15, 0.2) is 39.5 Å². The molecule has 5 rings (SSSR count). The third-order valence-corrected chi connectivity index (χ3v) is 6.17. The fraction of sp³-hybridized carbons (Fsp3) is 0.308. The van der Waals surface area contributed by atoms with Crippen molar-refractivity contribution in [2.75, 3.05) is 40.5 Å². The van der Waals surface area contributed by atoms with Crippen LogP contribution in [0.3, 0.4) is 0 Å². The first-order valence-corrected chi connectivity index (χ1v) is 11.3. The van der Waals surface area contributed by atoms with Gasteiger partial charge in [0, 0.05) is 23.9 Å². The van der Waals surface area contributed by atoms with E-state index >= 15 is 0 Å². The van der Waals surface area contributed by atoms with Crippen LogP contribution in [0.1, 0.15) is 22.8 Å². The molecular formula is C26H25NO10. The summed E-state index contributed by atoms with van der Waals surface area (Å²) in [7, 11) is 5.93. The number of nitrogens with one attached hydrogen (secondary N) is 1. The van der Waals surface area contributed by atoms with Gasteiger partial charge in [-0.15, -0.1) is 0 Å². The van der Waals surface area contributed by atoms with Crippen LogP contribution in [0, 0.1) is 6.92 Å². The fourth-order valence-corrected chi connectivity index (χ4v) is 4.57. The molecule has 0 fully saturated rings. The molecule has 0 bridgehead atoms. The third-order valence-electron chi connectivity index (χ3n) is 6.17. The van der Waals surface area contributed by atoms with Gasteiger partial charge in [-0.1, -0.05) is 0 Å². The molecular weight excluding hydrogens is 486 g/mol. The number of benzene rings is 2. The lowest BCUT2D eigenvalue weighted by molar-refractivity contribution is -0.122. The average molecular weight is 511 g/mol. The Morgan fingerprint density at radius 1 is 0.892 bits per heavy atom. The van der Waals surface area contributed by atoms with Crippen molar-refractivity contribution >= 4 is 11.6 Å². The van der Waals surface area contributed by atoms with E-state index in [1.165, 1.54) is 28.4 Å². The number of hydrogen-bond donors (Lipinski definition) is 1. The van der Waals surface area contributed by atoms with E-state index < -0.39 is 23.6 Å². The highest BCUT2D eigenvalue weighted by Crippen LogP contribution is 2.48. The summed E-state index contributed by atoms with van der Waals surface area (Å²) in [4.78, 5) is 26.6. The predicted octanol–water partition coefficient (Wildman–Crippen LogP) is 3.24. The van der Waals surface area contributed by atoms with Crippen molar-refractivity contribution in [1.82, 2.24) is 0 Å². The zero-order valence-corrected chi connectivity index (χ0v) is 20.8. The Morgan fingerprint density at radius 3 is 2.24 bits per heavy atom. The van der Waals surface area contributed by atoms with Gasteiger partial charge in [0.05, 0.1) is 39.9 Å². The van der Waals surface area contributed by atoms with Crippen LogP contribution >= 0.6 is 0 Å². The van der Waals surface area contributed by atoms with Gasteiger partial charge in [-0.3, -0.25) is 4.79 Å². The average Bonchev–Trinajstić information content (AvgIpc) is 3.52. The Morgan fingerprint density at radius 2 is 1.59 bits per heavy atom. The molecule has 37 heavy (non-hydrogen) atoms. The monoisotopic (exact) mass is 511 g/mol. The van der Waals surface area contributed by atoms with Crippen LogP contribution in [0.25, 0.3) is 0 Å². The summed E-state index contributed by atoms with van der Waals surface area (Å²) in [6, 6.07) is 8.17. The number of anilines is 1. The maximum absolute atomic E-state index is 13.6. The molecule has 3 heterocycles. The van der Waals surface area contributed by atoms with Crippen LogP contribution in [0.2, 0.25) is 0 Å². The number of aryl methyl sites for hydroxylation is 1. The Kier molecular flexibility index (Phi) is 6.20. The van der Waals surface area contributed by atoms with Crippen molar-refractivity contribution in [3.05, 3.63) is 57.6 Å². The SMILES string of the molecule is COc1cc(NC(=O)[C@H]2Oc3cc(C)oc(=O)c3[C@H]2c2cc(OC)c3c(c2)OCO3)cc(OC)c1OC. The van der Waals surface area contributed by atoms with Gasteiger partial charge < -0.3 is 42.9 Å². The standard InChI is InChI=1S/C26H25NO10/c1-12-6-15-21(26(29)36-12)20(13-7-16(30-2)23-19(8-13)34-11-35-23)24(37-15)25(28)27-14-9-17(31-3)22(33-5)18(10-14)32-4/h6-10,20,24H,11H2,1-5H3,(H,27,28)/t20-,24+/m1/s1. The Bertz CT molecular complexity index is 1400. The molecule has 1 amide bonds. The highest BCUT2D eigenvalue weighted by atomic mass is 16.7. The number of methoxy groups -OCH3 is 4. The summed E-state index contributed by atoms with van der Waals surface area (Å²) in [6.07, 6.45) is -1.12. The van der Waals surface area contributed by atoms with Crippen molar-refractivity contribution in [3.8, 4) is 40.2 Å². The minimum absolute atomic E-state index is 0.0271. The third kappa shape index (κ3) is 4.11. The van der Waals surface area contributed by atoms with Gasteiger partial charge >= 0.3 is 5.63 Å². The first-order valence-electron chi connectivity index (χ1n) is 11.3. The number of fused-ring (bicyclic) bond motifs is 2. The highest BCUT2D eigenvalue weighted by molar-refractivity contribution is 5.97. The highest BCUT2D eigenvalue weighted by Gasteiger charge is 2.44. The summed E-state index contributed by atoms with van der Waals surface area (Å²) in [5, 5.41) is 2.83. The normalized spacial score (nSPS) is 17.0. The van der Waals surface area contributed by atoms with Crippen molar-refractivity contribution in [2.45, 2.75) is 18.9 Å². The first-order chi connectivity index (χ1) is 17.9. The molecule has 0 saturated carbocycles. The Labute approximate surface area is 211 Å². The number of carbonyl (C=O) groups excluding carboxylic acids is 1. The van der Waals surface area contributed by atoms with Gasteiger partial charge in [-0.05, 0) is 24.6 Å². The van der Waals surface area contributed by atoms with Crippen molar-refractivity contribution in [2.24, 2.45) is 0 Å². The fourth-order valence-electron chi connectivity index (χ4n) is 4.57. The molecule has 2 atom stereocenters. The smallest absolute Gasteiger partial charge is 0.343 e. The van der Waals surface area contributed by atoms with Gasteiger partial charge in [0.2, 0.25) is 18.3 Å². The van der Waals surface area contributed by atoms with E-state index in [9.17, 15) is 9.59 Å². The number of rotatable bonds is 7. The van der Waals surface area contributed by atoms with E-state index in [0.29, 0.717) is 51.5 Å². The van der Waals surface area contributed by atoms with E-state index in [1.807, 2.05) is 0 Å². The molecule has 2 aromatic carbocycles. The van der Waals surface area contributed by atoms with Crippen LogP contribution in [0.4, 0.5) is 5.69 Å². The number of hydrogen-bond acceptors (Lipinski definition) is 10. The summed E-state index contributed by atoms with van der Waals surface area (Å²) < 4.78 is 44.0. The van der Waals surface area contributed by atoms with Gasteiger partial charge in [0.15, 0.2) is 29.1 Å². The van der Waals surface area contributed by atoms with E-state index in [1.54, 1.807) is 37.3 Å². The minimum atomic E-state index is -1.12. The Balaban J connectivity index is 1.57. The van der Waals surface area contributed by atoms with E-state index in [2.05, 4.69) is 5.32 Å². The molecule has 2 aliphatic rings. The number of amides is 1. The van der Waals surface area contributed by atoms with Crippen LogP contribution in [-0.4, -0.2) is 47.2 Å².